The van der Waals surface area contributed by atoms with Gasteiger partial charge in [-0.2, -0.15) is 0 Å². The lowest BCUT2D eigenvalue weighted by Crippen LogP contribution is -2.04. The van der Waals surface area contributed by atoms with E-state index in [1.54, 1.807) is 0 Å². The molecule has 102 valence electrons. The van der Waals surface area contributed by atoms with Gasteiger partial charge in [0.25, 0.3) is 0 Å². The second-order valence-corrected chi connectivity index (χ2v) is 4.91. The van der Waals surface area contributed by atoms with E-state index in [1.165, 1.54) is 0 Å². The molecule has 0 unspecified atom stereocenters. The fourth-order valence-corrected chi connectivity index (χ4v) is 2.11. The number of rotatable bonds is 6. The van der Waals surface area contributed by atoms with Crippen molar-refractivity contribution < 1.29 is 9.15 Å². The fraction of sp³-hybridized carbons (Fsp3) is 0.333. The molecule has 1 heterocycles. The first-order valence-corrected chi connectivity index (χ1v) is 6.62. The number of benzene rings is 1. The summed E-state index contributed by atoms with van der Waals surface area (Å²) in [5, 5.41) is 3.81. The van der Waals surface area contributed by atoms with Crippen LogP contribution in [-0.4, -0.2) is 7.05 Å². The van der Waals surface area contributed by atoms with Crippen LogP contribution in [0.25, 0.3) is 0 Å². The Morgan fingerprint density at radius 2 is 2.11 bits per heavy atom. The van der Waals surface area contributed by atoms with Gasteiger partial charge in [-0.15, -0.1) is 0 Å². The number of hydrogen-bond acceptors (Lipinski definition) is 3. The summed E-state index contributed by atoms with van der Waals surface area (Å²) in [6.45, 7) is 3.77. The van der Waals surface area contributed by atoms with Crippen LogP contribution in [-0.2, 0) is 24.5 Å². The van der Waals surface area contributed by atoms with E-state index in [0.29, 0.717) is 13.2 Å². The predicted octanol–water partition coefficient (Wildman–Crippen LogP) is 3.68. The number of ether oxygens (including phenoxy) is 1. The molecule has 1 aromatic carbocycles. The van der Waals surface area contributed by atoms with Crippen LogP contribution in [0.1, 0.15) is 22.6 Å². The first-order valence-electron chi connectivity index (χ1n) is 6.24. The maximum atomic E-state index is 5.92. The summed E-state index contributed by atoms with van der Waals surface area (Å²) in [7, 11) is 1.90. The molecule has 0 saturated carbocycles. The number of halogens is 1. The molecule has 0 bridgehead atoms. The van der Waals surface area contributed by atoms with Crippen molar-refractivity contribution in [2.75, 3.05) is 7.05 Å². The molecular weight excluding hydrogens is 262 g/mol. The molecule has 2 aromatic rings. The molecule has 1 N–H and O–H groups in total. The molecule has 19 heavy (non-hydrogen) atoms. The van der Waals surface area contributed by atoms with Gasteiger partial charge in [-0.05, 0) is 43.3 Å². The van der Waals surface area contributed by atoms with Gasteiger partial charge in [-0.1, -0.05) is 23.7 Å². The average Bonchev–Trinajstić information content (AvgIpc) is 2.71. The Balaban J connectivity index is 1.87. The van der Waals surface area contributed by atoms with Crippen molar-refractivity contribution in [2.45, 2.75) is 26.7 Å². The van der Waals surface area contributed by atoms with Gasteiger partial charge in [-0.25, -0.2) is 0 Å². The van der Waals surface area contributed by atoms with E-state index in [9.17, 15) is 0 Å². The van der Waals surface area contributed by atoms with Crippen molar-refractivity contribution in [2.24, 2.45) is 0 Å². The summed E-state index contributed by atoms with van der Waals surface area (Å²) in [6, 6.07) is 9.69. The molecule has 2 rings (SSSR count). The first kappa shape index (κ1) is 14.1. The molecule has 4 heteroatoms. The van der Waals surface area contributed by atoms with E-state index in [4.69, 9.17) is 20.8 Å². The maximum absolute atomic E-state index is 5.92. The van der Waals surface area contributed by atoms with Crippen LogP contribution in [0.5, 0.6) is 0 Å². The Morgan fingerprint density at radius 3 is 2.84 bits per heavy atom. The van der Waals surface area contributed by atoms with Crippen LogP contribution in [0.15, 0.2) is 34.7 Å². The third-order valence-electron chi connectivity index (χ3n) is 2.81. The van der Waals surface area contributed by atoms with E-state index in [0.717, 1.165) is 34.2 Å². The lowest BCUT2D eigenvalue weighted by molar-refractivity contribution is 0.0920. The van der Waals surface area contributed by atoms with E-state index in [-0.39, 0.29) is 0 Å². The normalized spacial score (nSPS) is 10.9. The minimum absolute atomic E-state index is 0.469. The molecule has 0 aliphatic carbocycles. The third kappa shape index (κ3) is 4.10. The minimum atomic E-state index is 0.469. The zero-order valence-electron chi connectivity index (χ0n) is 11.2. The third-order valence-corrected chi connectivity index (χ3v) is 3.05. The summed E-state index contributed by atoms with van der Waals surface area (Å²) in [6.07, 6.45) is 0. The van der Waals surface area contributed by atoms with E-state index in [2.05, 4.69) is 5.32 Å². The molecule has 3 nitrogen and oxygen atoms in total. The maximum Gasteiger partial charge on any atom is 0.130 e. The van der Waals surface area contributed by atoms with Crippen LogP contribution in [0.4, 0.5) is 0 Å². The minimum Gasteiger partial charge on any atom is -0.462 e. The van der Waals surface area contributed by atoms with Crippen LogP contribution in [0.2, 0.25) is 5.02 Å². The smallest absolute Gasteiger partial charge is 0.130 e. The highest BCUT2D eigenvalue weighted by molar-refractivity contribution is 6.30. The highest BCUT2D eigenvalue weighted by atomic mass is 35.5. The van der Waals surface area contributed by atoms with Gasteiger partial charge in [0.15, 0.2) is 0 Å². The van der Waals surface area contributed by atoms with Gasteiger partial charge in [0.2, 0.25) is 0 Å². The SMILES string of the molecule is CNCc1oc(COCc2cccc(Cl)c2)cc1C. The molecule has 0 fully saturated rings. The second-order valence-electron chi connectivity index (χ2n) is 4.47. The van der Waals surface area contributed by atoms with E-state index < -0.39 is 0 Å². The summed E-state index contributed by atoms with van der Waals surface area (Å²) in [5.41, 5.74) is 2.21. The van der Waals surface area contributed by atoms with Crippen molar-refractivity contribution in [1.29, 1.82) is 0 Å². The average molecular weight is 280 g/mol. The number of aryl methyl sites for hydroxylation is 1. The number of furan rings is 1. The standard InChI is InChI=1S/C15H18ClNO2/c1-11-6-14(19-15(11)8-17-2)10-18-9-12-4-3-5-13(16)7-12/h3-7,17H,8-10H2,1-2H3. The molecule has 0 aliphatic heterocycles. The van der Waals surface area contributed by atoms with Crippen molar-refractivity contribution in [3.8, 4) is 0 Å². The van der Waals surface area contributed by atoms with Crippen molar-refractivity contribution in [3.05, 3.63) is 58.0 Å². The zero-order chi connectivity index (χ0) is 13.7. The Morgan fingerprint density at radius 1 is 1.26 bits per heavy atom. The lowest BCUT2D eigenvalue weighted by Gasteiger charge is -2.03. The quantitative estimate of drug-likeness (QED) is 0.876. The number of nitrogens with one attached hydrogen (secondary N) is 1. The van der Waals surface area contributed by atoms with E-state index >= 15 is 0 Å². The molecule has 1 aromatic heterocycles. The monoisotopic (exact) mass is 279 g/mol. The Kier molecular flexibility index (Phi) is 5.02. The highest BCUT2D eigenvalue weighted by Crippen LogP contribution is 2.16. The molecule has 0 atom stereocenters. The van der Waals surface area contributed by atoms with Crippen molar-refractivity contribution >= 4 is 11.6 Å². The van der Waals surface area contributed by atoms with Crippen LogP contribution >= 0.6 is 11.6 Å². The molecule has 0 spiro atoms. The summed E-state index contributed by atoms with van der Waals surface area (Å²) in [5.74, 6) is 1.81. The van der Waals surface area contributed by atoms with Crippen LogP contribution in [0.3, 0.4) is 0 Å². The fourth-order valence-electron chi connectivity index (χ4n) is 1.89. The van der Waals surface area contributed by atoms with Gasteiger partial charge in [0.1, 0.15) is 18.1 Å². The van der Waals surface area contributed by atoms with Crippen LogP contribution < -0.4 is 5.32 Å². The van der Waals surface area contributed by atoms with Gasteiger partial charge in [0.05, 0.1) is 13.2 Å². The Hall–Kier alpha value is -1.29. The Bertz CT molecular complexity index is 537. The molecule has 0 radical (unpaired) electrons. The number of hydrogen-bond donors (Lipinski definition) is 1. The summed E-state index contributed by atoms with van der Waals surface area (Å²) in [4.78, 5) is 0. The van der Waals surface area contributed by atoms with Crippen LogP contribution in [0, 0.1) is 6.92 Å². The van der Waals surface area contributed by atoms with E-state index in [1.807, 2.05) is 44.3 Å². The van der Waals surface area contributed by atoms with Crippen molar-refractivity contribution in [1.82, 2.24) is 5.32 Å². The van der Waals surface area contributed by atoms with Gasteiger partial charge < -0.3 is 14.5 Å². The van der Waals surface area contributed by atoms with Crippen molar-refractivity contribution in [3.63, 3.8) is 0 Å². The largest absolute Gasteiger partial charge is 0.462 e. The summed E-state index contributed by atoms with van der Waals surface area (Å²) >= 11 is 5.92. The first-order chi connectivity index (χ1) is 9.19. The lowest BCUT2D eigenvalue weighted by atomic mass is 10.2. The van der Waals surface area contributed by atoms with Gasteiger partial charge >= 0.3 is 0 Å². The predicted molar refractivity (Wildman–Crippen MR) is 76.2 cm³/mol. The Labute approximate surface area is 118 Å². The highest BCUT2D eigenvalue weighted by Gasteiger charge is 2.06. The zero-order valence-corrected chi connectivity index (χ0v) is 12.0. The topological polar surface area (TPSA) is 34.4 Å². The second kappa shape index (κ2) is 6.75. The molecular formula is C15H18ClNO2. The summed E-state index contributed by atoms with van der Waals surface area (Å²) < 4.78 is 11.3. The molecule has 0 amide bonds. The molecule has 0 aliphatic rings. The molecule has 0 saturated heterocycles. The van der Waals surface area contributed by atoms with Gasteiger partial charge in [0, 0.05) is 5.02 Å². The van der Waals surface area contributed by atoms with Gasteiger partial charge in [-0.3, -0.25) is 0 Å².